The van der Waals surface area contributed by atoms with Crippen LogP contribution >= 0.6 is 11.6 Å². The van der Waals surface area contributed by atoms with E-state index in [-0.39, 0.29) is 6.10 Å². The molecule has 1 saturated heterocycles. The Morgan fingerprint density at radius 1 is 1.40 bits per heavy atom. The van der Waals surface area contributed by atoms with E-state index >= 15 is 0 Å². The van der Waals surface area contributed by atoms with Crippen LogP contribution in [0.1, 0.15) is 12.0 Å². The lowest BCUT2D eigenvalue weighted by Crippen LogP contribution is -2.12. The van der Waals surface area contributed by atoms with Gasteiger partial charge in [-0.3, -0.25) is 0 Å². The predicted molar refractivity (Wildman–Crippen MR) is 77.3 cm³/mol. The number of benzene rings is 1. The summed E-state index contributed by atoms with van der Waals surface area (Å²) in [6, 6.07) is 7.77. The van der Waals surface area contributed by atoms with Gasteiger partial charge < -0.3 is 14.2 Å². The van der Waals surface area contributed by atoms with E-state index in [1.807, 2.05) is 24.3 Å². The monoisotopic (exact) mass is 293 g/mol. The molecule has 1 aromatic carbocycles. The maximum Gasteiger partial charge on any atom is 0.135 e. The van der Waals surface area contributed by atoms with Crippen LogP contribution in [-0.2, 0) is 16.1 Å². The Morgan fingerprint density at radius 2 is 2.30 bits per heavy atom. The summed E-state index contributed by atoms with van der Waals surface area (Å²) in [7, 11) is 1.63. The molecular weight excluding hydrogens is 278 g/mol. The third-order valence-electron chi connectivity index (χ3n) is 3.41. The molecule has 20 heavy (non-hydrogen) atoms. The summed E-state index contributed by atoms with van der Waals surface area (Å²) in [4.78, 5) is 4.40. The van der Waals surface area contributed by atoms with Crippen LogP contribution in [0.3, 0.4) is 0 Å². The van der Waals surface area contributed by atoms with Crippen molar-refractivity contribution in [2.24, 2.45) is 0 Å². The summed E-state index contributed by atoms with van der Waals surface area (Å²) in [6.07, 6.45) is 1.10. The molecule has 1 aromatic heterocycles. The lowest BCUT2D eigenvalue weighted by Gasteiger charge is -2.11. The van der Waals surface area contributed by atoms with E-state index in [2.05, 4.69) is 4.98 Å². The van der Waals surface area contributed by atoms with E-state index in [4.69, 9.17) is 25.8 Å². The number of halogens is 1. The normalized spacial score (nSPS) is 18.6. The Labute approximate surface area is 122 Å². The van der Waals surface area contributed by atoms with Crippen molar-refractivity contribution in [3.05, 3.63) is 35.0 Å². The van der Waals surface area contributed by atoms with Crippen LogP contribution in [0.15, 0.2) is 24.3 Å². The first-order valence-electron chi connectivity index (χ1n) is 6.59. The molecule has 4 nitrogen and oxygen atoms in total. The highest BCUT2D eigenvalue weighted by atomic mass is 35.5. The van der Waals surface area contributed by atoms with Gasteiger partial charge >= 0.3 is 0 Å². The van der Waals surface area contributed by atoms with Gasteiger partial charge in [0.1, 0.15) is 10.9 Å². The highest BCUT2D eigenvalue weighted by molar-refractivity contribution is 6.30. The highest BCUT2D eigenvalue weighted by Crippen LogP contribution is 2.25. The average molecular weight is 294 g/mol. The Bertz CT molecular complexity index is 611. The van der Waals surface area contributed by atoms with Crippen LogP contribution in [0.25, 0.3) is 10.9 Å². The summed E-state index contributed by atoms with van der Waals surface area (Å²) < 4.78 is 16.3. The van der Waals surface area contributed by atoms with E-state index in [0.29, 0.717) is 18.4 Å². The largest absolute Gasteiger partial charge is 0.497 e. The minimum Gasteiger partial charge on any atom is -0.497 e. The molecule has 1 fully saturated rings. The Balaban J connectivity index is 1.81. The molecule has 0 radical (unpaired) electrons. The topological polar surface area (TPSA) is 40.6 Å². The molecule has 1 aliphatic heterocycles. The standard InChI is InChI=1S/C15H16ClNO3/c1-18-12-3-2-10-6-11(15(16)17-14(10)7-12)8-20-13-4-5-19-9-13/h2-3,6-7,13H,4-5,8-9H2,1H3. The van der Waals surface area contributed by atoms with Crippen LogP contribution in [0.4, 0.5) is 0 Å². The van der Waals surface area contributed by atoms with E-state index < -0.39 is 0 Å². The van der Waals surface area contributed by atoms with Crippen molar-refractivity contribution in [2.75, 3.05) is 20.3 Å². The van der Waals surface area contributed by atoms with Crippen molar-refractivity contribution in [2.45, 2.75) is 19.1 Å². The maximum absolute atomic E-state index is 6.22. The predicted octanol–water partition coefficient (Wildman–Crippen LogP) is 3.20. The molecule has 0 amide bonds. The van der Waals surface area contributed by atoms with Gasteiger partial charge in [0.25, 0.3) is 0 Å². The zero-order chi connectivity index (χ0) is 13.9. The van der Waals surface area contributed by atoms with Gasteiger partial charge in [0.2, 0.25) is 0 Å². The third kappa shape index (κ3) is 2.87. The molecule has 2 heterocycles. The van der Waals surface area contributed by atoms with Gasteiger partial charge in [-0.2, -0.15) is 0 Å². The van der Waals surface area contributed by atoms with Gasteiger partial charge in [-0.15, -0.1) is 0 Å². The summed E-state index contributed by atoms with van der Waals surface area (Å²) >= 11 is 6.22. The molecule has 1 aliphatic rings. The van der Waals surface area contributed by atoms with E-state index in [1.165, 1.54) is 0 Å². The molecule has 0 saturated carbocycles. The number of rotatable bonds is 4. The summed E-state index contributed by atoms with van der Waals surface area (Å²) in [6.45, 7) is 1.89. The maximum atomic E-state index is 6.22. The van der Waals surface area contributed by atoms with Gasteiger partial charge in [-0.25, -0.2) is 4.98 Å². The second-order valence-corrected chi connectivity index (χ2v) is 5.15. The molecule has 0 bridgehead atoms. The van der Waals surface area contributed by atoms with Crippen molar-refractivity contribution in [1.29, 1.82) is 0 Å². The van der Waals surface area contributed by atoms with Gasteiger partial charge in [0, 0.05) is 23.6 Å². The number of aromatic nitrogens is 1. The highest BCUT2D eigenvalue weighted by Gasteiger charge is 2.17. The second-order valence-electron chi connectivity index (χ2n) is 4.79. The van der Waals surface area contributed by atoms with Gasteiger partial charge in [-0.1, -0.05) is 11.6 Å². The fourth-order valence-electron chi connectivity index (χ4n) is 2.25. The lowest BCUT2D eigenvalue weighted by atomic mass is 10.1. The van der Waals surface area contributed by atoms with Gasteiger partial charge in [0.05, 0.1) is 31.9 Å². The van der Waals surface area contributed by atoms with Crippen LogP contribution in [0, 0.1) is 0 Å². The number of methoxy groups -OCH3 is 1. The Kier molecular flexibility index (Phi) is 4.05. The second kappa shape index (κ2) is 5.95. The fourth-order valence-corrected chi connectivity index (χ4v) is 2.45. The molecule has 0 aliphatic carbocycles. The molecule has 0 N–H and O–H groups in total. The molecule has 2 aromatic rings. The minimum absolute atomic E-state index is 0.164. The van der Waals surface area contributed by atoms with Crippen molar-refractivity contribution in [3.63, 3.8) is 0 Å². The van der Waals surface area contributed by atoms with E-state index in [9.17, 15) is 0 Å². The lowest BCUT2D eigenvalue weighted by molar-refractivity contribution is 0.0317. The van der Waals surface area contributed by atoms with Crippen molar-refractivity contribution in [1.82, 2.24) is 4.98 Å². The Morgan fingerprint density at radius 3 is 3.05 bits per heavy atom. The summed E-state index contributed by atoms with van der Waals surface area (Å²) in [5.41, 5.74) is 1.72. The number of pyridine rings is 1. The SMILES string of the molecule is COc1ccc2cc(COC3CCOC3)c(Cl)nc2c1. The van der Waals surface area contributed by atoms with Gasteiger partial charge in [-0.05, 0) is 24.6 Å². The first kappa shape index (κ1) is 13.6. The first-order valence-corrected chi connectivity index (χ1v) is 6.96. The van der Waals surface area contributed by atoms with Crippen LogP contribution in [0.2, 0.25) is 5.15 Å². The van der Waals surface area contributed by atoms with Crippen LogP contribution < -0.4 is 4.74 Å². The molecule has 5 heteroatoms. The van der Waals surface area contributed by atoms with Crippen molar-refractivity contribution < 1.29 is 14.2 Å². The summed E-state index contributed by atoms with van der Waals surface area (Å²) in [5, 5.41) is 1.50. The molecule has 1 unspecified atom stereocenters. The first-order chi connectivity index (χ1) is 9.76. The van der Waals surface area contributed by atoms with E-state index in [0.717, 1.165) is 35.2 Å². The smallest absolute Gasteiger partial charge is 0.135 e. The van der Waals surface area contributed by atoms with Crippen molar-refractivity contribution in [3.8, 4) is 5.75 Å². The zero-order valence-electron chi connectivity index (χ0n) is 11.3. The molecule has 0 spiro atoms. The Hall–Kier alpha value is -1.36. The number of nitrogens with zero attached hydrogens (tertiary/aromatic N) is 1. The zero-order valence-corrected chi connectivity index (χ0v) is 12.0. The number of fused-ring (bicyclic) bond motifs is 1. The quantitative estimate of drug-likeness (QED) is 0.812. The van der Waals surface area contributed by atoms with E-state index in [1.54, 1.807) is 7.11 Å². The van der Waals surface area contributed by atoms with Gasteiger partial charge in [0.15, 0.2) is 0 Å². The fraction of sp³-hybridized carbons (Fsp3) is 0.400. The molecule has 106 valence electrons. The molecular formula is C15H16ClNO3. The number of hydrogen-bond acceptors (Lipinski definition) is 4. The third-order valence-corrected chi connectivity index (χ3v) is 3.74. The average Bonchev–Trinajstić information content (AvgIpc) is 2.97. The number of hydrogen-bond donors (Lipinski definition) is 0. The number of ether oxygens (including phenoxy) is 3. The van der Waals surface area contributed by atoms with Crippen LogP contribution in [0.5, 0.6) is 5.75 Å². The summed E-state index contributed by atoms with van der Waals surface area (Å²) in [5.74, 6) is 0.771. The van der Waals surface area contributed by atoms with Crippen LogP contribution in [-0.4, -0.2) is 31.4 Å². The molecule has 3 rings (SSSR count). The molecule has 1 atom stereocenters. The van der Waals surface area contributed by atoms with Crippen molar-refractivity contribution >= 4 is 22.5 Å². The minimum atomic E-state index is 0.164.